The summed E-state index contributed by atoms with van der Waals surface area (Å²) in [7, 11) is 0. The maximum atomic E-state index is 12.7. The van der Waals surface area contributed by atoms with Gasteiger partial charge in [-0.15, -0.1) is 0 Å². The summed E-state index contributed by atoms with van der Waals surface area (Å²) in [5.41, 5.74) is 1.06. The van der Waals surface area contributed by atoms with Crippen molar-refractivity contribution in [3.8, 4) is 0 Å². The van der Waals surface area contributed by atoms with E-state index in [0.29, 0.717) is 22.6 Å². The number of carbonyl (C=O) groups is 1. The van der Waals surface area contributed by atoms with Crippen molar-refractivity contribution in [2.24, 2.45) is 0 Å². The average Bonchev–Trinajstić information content (AvgIpc) is 3.08. The Balaban J connectivity index is 1.98. The number of aryl methyl sites for hydroxylation is 1. The van der Waals surface area contributed by atoms with E-state index >= 15 is 0 Å². The van der Waals surface area contributed by atoms with Gasteiger partial charge in [0.2, 0.25) is 5.91 Å². The van der Waals surface area contributed by atoms with Gasteiger partial charge in [-0.05, 0) is 42.6 Å². The number of anilines is 1. The molecule has 0 spiro atoms. The molecule has 1 aromatic carbocycles. The van der Waals surface area contributed by atoms with Gasteiger partial charge in [0.15, 0.2) is 5.52 Å². The summed E-state index contributed by atoms with van der Waals surface area (Å²) in [5, 5.41) is 4.72. The van der Waals surface area contributed by atoms with Crippen molar-refractivity contribution < 1.29 is 4.79 Å². The van der Waals surface area contributed by atoms with Gasteiger partial charge >= 0.3 is 5.69 Å². The summed E-state index contributed by atoms with van der Waals surface area (Å²) < 4.78 is 6.46. The Morgan fingerprint density at radius 2 is 2.08 bits per heavy atom. The molecular weight excluding hydrogens is 376 g/mol. The highest BCUT2D eigenvalue weighted by atomic mass is 35.5. The van der Waals surface area contributed by atoms with Gasteiger partial charge in [0, 0.05) is 11.9 Å². The second-order valence-electron chi connectivity index (χ2n) is 5.91. The number of hydrogen-bond acceptors (Lipinski definition) is 5. The first kappa shape index (κ1) is 18.3. The lowest BCUT2D eigenvalue weighted by atomic mass is 10.2. The lowest BCUT2D eigenvalue weighted by Gasteiger charge is -2.12. The van der Waals surface area contributed by atoms with E-state index in [1.807, 2.05) is 19.9 Å². The molecule has 1 amide bonds. The zero-order valence-corrected chi connectivity index (χ0v) is 15.9. The molecule has 0 radical (unpaired) electrons. The molecule has 0 aliphatic carbocycles. The van der Waals surface area contributed by atoms with Gasteiger partial charge in [0.1, 0.15) is 6.54 Å². The smallest absolute Gasteiger partial charge is 0.323 e. The van der Waals surface area contributed by atoms with Crippen molar-refractivity contribution in [1.82, 2.24) is 13.5 Å². The molecule has 3 aromatic rings. The van der Waals surface area contributed by atoms with E-state index < -0.39 is 17.2 Å². The van der Waals surface area contributed by atoms with Crippen LogP contribution in [0.25, 0.3) is 11.0 Å². The van der Waals surface area contributed by atoms with Gasteiger partial charge in [-0.25, -0.2) is 4.79 Å². The van der Waals surface area contributed by atoms with E-state index in [4.69, 9.17) is 11.6 Å². The standard InChI is InChI=1S/C17H17ClN4O3S/c1-3-6-21-16(24)15-13(9-26-20-15)22(17(21)25)8-14(23)19-12-5-4-10(2)7-11(12)18/h4-5,7,9H,3,6,8H2,1-2H3,(H,19,23). The molecule has 2 aromatic heterocycles. The summed E-state index contributed by atoms with van der Waals surface area (Å²) in [6, 6.07) is 5.28. The van der Waals surface area contributed by atoms with Crippen molar-refractivity contribution in [2.75, 3.05) is 5.32 Å². The van der Waals surface area contributed by atoms with Crippen molar-refractivity contribution >= 4 is 45.8 Å². The molecule has 0 saturated carbocycles. The molecule has 0 aliphatic heterocycles. The Morgan fingerprint density at radius 3 is 2.77 bits per heavy atom. The normalized spacial score (nSPS) is 11.0. The molecule has 0 aliphatic rings. The van der Waals surface area contributed by atoms with Gasteiger partial charge in [-0.3, -0.25) is 18.7 Å². The molecule has 136 valence electrons. The molecular formula is C17H17ClN4O3S. The van der Waals surface area contributed by atoms with E-state index in [9.17, 15) is 14.4 Å². The van der Waals surface area contributed by atoms with Crippen LogP contribution >= 0.6 is 23.1 Å². The first-order valence-corrected chi connectivity index (χ1v) is 9.27. The number of fused-ring (bicyclic) bond motifs is 1. The lowest BCUT2D eigenvalue weighted by Crippen LogP contribution is -2.41. The Kier molecular flexibility index (Phi) is 5.24. The van der Waals surface area contributed by atoms with Crippen LogP contribution in [0.1, 0.15) is 18.9 Å². The summed E-state index contributed by atoms with van der Waals surface area (Å²) in [4.78, 5) is 37.5. The summed E-state index contributed by atoms with van der Waals surface area (Å²) in [5.74, 6) is -0.410. The van der Waals surface area contributed by atoms with Crippen LogP contribution in [0.3, 0.4) is 0 Å². The molecule has 7 nitrogen and oxygen atoms in total. The van der Waals surface area contributed by atoms with E-state index in [1.54, 1.807) is 17.5 Å². The van der Waals surface area contributed by atoms with Crippen molar-refractivity contribution in [2.45, 2.75) is 33.4 Å². The SMILES string of the molecule is CCCn1c(=O)c2nscc2n(CC(=O)Nc2ccc(C)cc2Cl)c1=O. The Morgan fingerprint density at radius 1 is 1.31 bits per heavy atom. The molecule has 0 saturated heterocycles. The van der Waals surface area contributed by atoms with Crippen molar-refractivity contribution in [1.29, 1.82) is 0 Å². The van der Waals surface area contributed by atoms with Crippen LogP contribution in [0, 0.1) is 6.92 Å². The van der Waals surface area contributed by atoms with Crippen LogP contribution in [0.4, 0.5) is 5.69 Å². The predicted molar refractivity (Wildman–Crippen MR) is 103 cm³/mol. The molecule has 0 atom stereocenters. The highest BCUT2D eigenvalue weighted by Gasteiger charge is 2.17. The zero-order valence-electron chi connectivity index (χ0n) is 14.3. The fraction of sp³-hybridized carbons (Fsp3) is 0.294. The number of halogens is 1. The molecule has 0 bridgehead atoms. The van der Waals surface area contributed by atoms with Gasteiger partial charge in [0.05, 0.1) is 16.2 Å². The average molecular weight is 393 g/mol. The summed E-state index contributed by atoms with van der Waals surface area (Å²) in [6.45, 7) is 3.81. The number of rotatable bonds is 5. The first-order valence-electron chi connectivity index (χ1n) is 8.06. The molecule has 9 heteroatoms. The van der Waals surface area contributed by atoms with Gasteiger partial charge in [0.25, 0.3) is 5.56 Å². The number of carbonyl (C=O) groups excluding carboxylic acids is 1. The fourth-order valence-electron chi connectivity index (χ4n) is 2.66. The Bertz CT molecular complexity index is 1100. The molecule has 1 N–H and O–H groups in total. The molecule has 2 heterocycles. The van der Waals surface area contributed by atoms with Gasteiger partial charge in [-0.2, -0.15) is 4.37 Å². The van der Waals surface area contributed by atoms with Crippen LogP contribution in [0.2, 0.25) is 5.02 Å². The number of nitrogens with zero attached hydrogens (tertiary/aromatic N) is 3. The quantitative estimate of drug-likeness (QED) is 0.723. The van der Waals surface area contributed by atoms with Crippen molar-refractivity contribution in [3.63, 3.8) is 0 Å². The second-order valence-corrected chi connectivity index (χ2v) is 6.94. The monoisotopic (exact) mass is 392 g/mol. The van der Waals surface area contributed by atoms with Crippen molar-refractivity contribution in [3.05, 3.63) is 55.0 Å². The lowest BCUT2D eigenvalue weighted by molar-refractivity contribution is -0.116. The maximum Gasteiger partial charge on any atom is 0.332 e. The summed E-state index contributed by atoms with van der Waals surface area (Å²) in [6.07, 6.45) is 0.621. The topological polar surface area (TPSA) is 86.0 Å². The third-order valence-electron chi connectivity index (χ3n) is 3.90. The van der Waals surface area contributed by atoms with Gasteiger partial charge in [-0.1, -0.05) is 24.6 Å². The van der Waals surface area contributed by atoms with Crippen LogP contribution < -0.4 is 16.6 Å². The maximum absolute atomic E-state index is 12.7. The summed E-state index contributed by atoms with van der Waals surface area (Å²) >= 11 is 7.21. The van der Waals surface area contributed by atoms with Crippen LogP contribution in [0.5, 0.6) is 0 Å². The number of amides is 1. The van der Waals surface area contributed by atoms with E-state index in [1.165, 1.54) is 4.57 Å². The highest BCUT2D eigenvalue weighted by molar-refractivity contribution is 7.04. The molecule has 0 fully saturated rings. The zero-order chi connectivity index (χ0) is 18.8. The van der Waals surface area contributed by atoms with Crippen LogP contribution in [-0.4, -0.2) is 19.4 Å². The van der Waals surface area contributed by atoms with E-state index in [2.05, 4.69) is 9.69 Å². The predicted octanol–water partition coefficient (Wildman–Crippen LogP) is 2.63. The molecule has 3 rings (SSSR count). The first-order chi connectivity index (χ1) is 12.4. The Labute approximate surface area is 158 Å². The molecule has 26 heavy (non-hydrogen) atoms. The second kappa shape index (κ2) is 7.43. The number of aromatic nitrogens is 3. The van der Waals surface area contributed by atoms with E-state index in [0.717, 1.165) is 21.7 Å². The minimum absolute atomic E-state index is 0.198. The van der Waals surface area contributed by atoms with Crippen LogP contribution in [-0.2, 0) is 17.9 Å². The van der Waals surface area contributed by atoms with Gasteiger partial charge < -0.3 is 5.32 Å². The third kappa shape index (κ3) is 3.42. The number of nitrogens with one attached hydrogen (secondary N) is 1. The largest absolute Gasteiger partial charge is 0.332 e. The molecule has 0 unspecified atom stereocenters. The number of hydrogen-bond donors (Lipinski definition) is 1. The minimum Gasteiger partial charge on any atom is -0.323 e. The fourth-order valence-corrected chi connectivity index (χ4v) is 3.61. The van der Waals surface area contributed by atoms with Crippen LogP contribution in [0.15, 0.2) is 33.2 Å². The number of benzene rings is 1. The van der Waals surface area contributed by atoms with E-state index in [-0.39, 0.29) is 18.6 Å². The Hall–Kier alpha value is -2.45. The third-order valence-corrected chi connectivity index (χ3v) is 4.83. The highest BCUT2D eigenvalue weighted by Crippen LogP contribution is 2.22. The minimum atomic E-state index is -0.519.